The summed E-state index contributed by atoms with van der Waals surface area (Å²) in [5.41, 5.74) is 3.69. The van der Waals surface area contributed by atoms with Gasteiger partial charge in [0.25, 0.3) is 0 Å². The van der Waals surface area contributed by atoms with E-state index in [9.17, 15) is 4.79 Å². The minimum Gasteiger partial charge on any atom is -0.339 e. The van der Waals surface area contributed by atoms with Crippen molar-refractivity contribution in [3.63, 3.8) is 0 Å². The molecule has 0 bridgehead atoms. The second-order valence-corrected chi connectivity index (χ2v) is 3.46. The Labute approximate surface area is 81.3 Å². The minimum atomic E-state index is -0.348. The van der Waals surface area contributed by atoms with Gasteiger partial charge >= 0.3 is 5.63 Å². The average molecular weight is 189 g/mol. The topological polar surface area (TPSA) is 46.0 Å². The molecular formula is C11H11NO2. The number of nitrogens with one attached hydrogen (secondary N) is 1. The van der Waals surface area contributed by atoms with Crippen LogP contribution in [0.2, 0.25) is 0 Å². The van der Waals surface area contributed by atoms with Gasteiger partial charge in [-0.3, -0.25) is 0 Å². The molecule has 0 aliphatic rings. The van der Waals surface area contributed by atoms with Crippen LogP contribution < -0.4 is 5.63 Å². The first-order chi connectivity index (χ1) is 6.65. The molecule has 14 heavy (non-hydrogen) atoms. The van der Waals surface area contributed by atoms with Crippen LogP contribution in [-0.2, 0) is 0 Å². The molecule has 0 amide bonds. The van der Waals surface area contributed by atoms with E-state index < -0.39 is 0 Å². The number of aromatic nitrogens is 1. The Kier molecular flexibility index (Phi) is 2.00. The summed E-state index contributed by atoms with van der Waals surface area (Å²) < 4.78 is 4.62. The fraction of sp³-hybridized carbons (Fsp3) is 0.182. The molecule has 0 atom stereocenters. The van der Waals surface area contributed by atoms with Gasteiger partial charge in [0.15, 0.2) is 0 Å². The van der Waals surface area contributed by atoms with Gasteiger partial charge < -0.3 is 4.52 Å². The van der Waals surface area contributed by atoms with Crippen LogP contribution in [0.5, 0.6) is 0 Å². The third kappa shape index (κ3) is 1.62. The maximum absolute atomic E-state index is 10.8. The van der Waals surface area contributed by atoms with Crippen LogP contribution in [0.3, 0.4) is 0 Å². The summed E-state index contributed by atoms with van der Waals surface area (Å²) in [4.78, 5) is 10.8. The third-order valence-electron chi connectivity index (χ3n) is 2.06. The van der Waals surface area contributed by atoms with Gasteiger partial charge in [0.1, 0.15) is 0 Å². The van der Waals surface area contributed by atoms with E-state index in [1.807, 2.05) is 26.0 Å². The van der Waals surface area contributed by atoms with Gasteiger partial charge in [-0.15, -0.1) is 0 Å². The van der Waals surface area contributed by atoms with Crippen molar-refractivity contribution >= 4 is 0 Å². The van der Waals surface area contributed by atoms with E-state index in [0.29, 0.717) is 0 Å². The lowest BCUT2D eigenvalue weighted by Crippen LogP contribution is -1.86. The van der Waals surface area contributed by atoms with Crippen LogP contribution in [0.4, 0.5) is 0 Å². The van der Waals surface area contributed by atoms with Crippen LogP contribution in [-0.4, -0.2) is 5.16 Å². The summed E-state index contributed by atoms with van der Waals surface area (Å²) in [7, 11) is 0. The van der Waals surface area contributed by atoms with Crippen molar-refractivity contribution in [2.24, 2.45) is 0 Å². The minimum absolute atomic E-state index is 0.348. The van der Waals surface area contributed by atoms with Crippen LogP contribution >= 0.6 is 0 Å². The van der Waals surface area contributed by atoms with E-state index in [2.05, 4.69) is 15.7 Å². The number of aromatic amines is 1. The van der Waals surface area contributed by atoms with E-state index in [4.69, 9.17) is 0 Å². The number of hydrogen-bond acceptors (Lipinski definition) is 2. The van der Waals surface area contributed by atoms with Crippen molar-refractivity contribution in [3.05, 3.63) is 45.8 Å². The molecule has 1 N–H and O–H groups in total. The molecule has 72 valence electrons. The molecular weight excluding hydrogens is 178 g/mol. The zero-order valence-corrected chi connectivity index (χ0v) is 8.13. The Balaban J connectivity index is 2.56. The van der Waals surface area contributed by atoms with Crippen molar-refractivity contribution in [2.45, 2.75) is 13.8 Å². The molecule has 0 aliphatic carbocycles. The highest BCUT2D eigenvalue weighted by atomic mass is 16.5. The van der Waals surface area contributed by atoms with Gasteiger partial charge in [0, 0.05) is 5.56 Å². The van der Waals surface area contributed by atoms with Gasteiger partial charge in [-0.2, -0.15) is 0 Å². The molecule has 2 rings (SSSR count). The molecule has 1 aromatic heterocycles. The van der Waals surface area contributed by atoms with E-state index in [0.717, 1.165) is 11.3 Å². The number of aryl methyl sites for hydroxylation is 2. The Morgan fingerprint density at radius 2 is 1.71 bits per heavy atom. The Morgan fingerprint density at radius 3 is 2.21 bits per heavy atom. The molecule has 0 unspecified atom stereocenters. The second-order valence-electron chi connectivity index (χ2n) is 3.46. The summed E-state index contributed by atoms with van der Waals surface area (Å²) in [6.07, 6.45) is 0. The normalized spacial score (nSPS) is 10.4. The maximum Gasteiger partial charge on any atom is 0.357 e. The molecule has 3 nitrogen and oxygen atoms in total. The predicted molar refractivity (Wildman–Crippen MR) is 54.2 cm³/mol. The van der Waals surface area contributed by atoms with E-state index in [-0.39, 0.29) is 5.63 Å². The molecule has 0 aliphatic heterocycles. The maximum atomic E-state index is 10.8. The smallest absolute Gasteiger partial charge is 0.339 e. The quantitative estimate of drug-likeness (QED) is 0.747. The molecule has 0 saturated heterocycles. The molecule has 2 aromatic rings. The summed E-state index contributed by atoms with van der Waals surface area (Å²) >= 11 is 0. The fourth-order valence-electron chi connectivity index (χ4n) is 1.55. The number of rotatable bonds is 1. The first kappa shape index (κ1) is 8.81. The summed E-state index contributed by atoms with van der Waals surface area (Å²) in [5, 5.41) is 2.59. The van der Waals surface area contributed by atoms with Crippen molar-refractivity contribution in [1.29, 1.82) is 0 Å². The molecule has 0 saturated carbocycles. The molecule has 0 radical (unpaired) electrons. The standard InChI is InChI=1S/C11H11NO2/c1-7-3-8(2)5-9(4-7)10-6-11(13)14-12-10/h3-6,12H,1-2H3. The van der Waals surface area contributed by atoms with Gasteiger partial charge in [0.2, 0.25) is 0 Å². The first-order valence-electron chi connectivity index (χ1n) is 4.42. The zero-order valence-electron chi connectivity index (χ0n) is 8.13. The number of benzene rings is 1. The van der Waals surface area contributed by atoms with Gasteiger partial charge in [-0.25, -0.2) is 9.95 Å². The van der Waals surface area contributed by atoms with Crippen molar-refractivity contribution in [1.82, 2.24) is 5.16 Å². The molecule has 3 heteroatoms. The Hall–Kier alpha value is -1.77. The third-order valence-corrected chi connectivity index (χ3v) is 2.06. The lowest BCUT2D eigenvalue weighted by atomic mass is 10.1. The second kappa shape index (κ2) is 3.18. The van der Waals surface area contributed by atoms with Crippen LogP contribution in [0.25, 0.3) is 11.3 Å². The SMILES string of the molecule is Cc1cc(C)cc(-c2cc(=O)o[nH]2)c1. The highest BCUT2D eigenvalue weighted by Gasteiger charge is 2.02. The van der Waals surface area contributed by atoms with Crippen molar-refractivity contribution < 1.29 is 4.52 Å². The summed E-state index contributed by atoms with van der Waals surface area (Å²) in [6.45, 7) is 4.05. The van der Waals surface area contributed by atoms with Crippen LogP contribution in [0, 0.1) is 13.8 Å². The first-order valence-corrected chi connectivity index (χ1v) is 4.42. The Morgan fingerprint density at radius 1 is 1.07 bits per heavy atom. The van der Waals surface area contributed by atoms with Crippen molar-refractivity contribution in [2.75, 3.05) is 0 Å². The Bertz CT molecular complexity index is 488. The molecule has 0 fully saturated rings. The molecule has 0 spiro atoms. The monoisotopic (exact) mass is 189 g/mol. The largest absolute Gasteiger partial charge is 0.357 e. The average Bonchev–Trinajstić information content (AvgIpc) is 2.50. The highest BCUT2D eigenvalue weighted by Crippen LogP contribution is 2.18. The van der Waals surface area contributed by atoms with Gasteiger partial charge in [0.05, 0.1) is 11.8 Å². The van der Waals surface area contributed by atoms with Gasteiger partial charge in [-0.1, -0.05) is 17.2 Å². The predicted octanol–water partition coefficient (Wildman–Crippen LogP) is 2.25. The summed E-state index contributed by atoms with van der Waals surface area (Å²) in [6, 6.07) is 7.55. The molecule has 1 heterocycles. The lowest BCUT2D eigenvalue weighted by molar-refractivity contribution is 0.394. The van der Waals surface area contributed by atoms with Crippen LogP contribution in [0.1, 0.15) is 11.1 Å². The number of hydrogen-bond donors (Lipinski definition) is 1. The van der Waals surface area contributed by atoms with Crippen LogP contribution in [0.15, 0.2) is 33.6 Å². The summed E-state index contributed by atoms with van der Waals surface area (Å²) in [5.74, 6) is 0. The van der Waals surface area contributed by atoms with E-state index >= 15 is 0 Å². The van der Waals surface area contributed by atoms with Crippen molar-refractivity contribution in [3.8, 4) is 11.3 Å². The fourth-order valence-corrected chi connectivity index (χ4v) is 1.55. The zero-order chi connectivity index (χ0) is 10.1. The highest BCUT2D eigenvalue weighted by molar-refractivity contribution is 5.60. The number of H-pyrrole nitrogens is 1. The van der Waals surface area contributed by atoms with Gasteiger partial charge in [-0.05, 0) is 26.0 Å². The van der Waals surface area contributed by atoms with E-state index in [1.165, 1.54) is 17.2 Å². The molecule has 1 aromatic carbocycles. The van der Waals surface area contributed by atoms with E-state index in [1.54, 1.807) is 0 Å². The lowest BCUT2D eigenvalue weighted by Gasteiger charge is -2.01.